The third kappa shape index (κ3) is 5.46. The Bertz CT molecular complexity index is 762. The minimum Gasteiger partial charge on any atom is -0.452 e. The number of esters is 1. The van der Waals surface area contributed by atoms with Crippen LogP contribution in [0.15, 0.2) is 42.5 Å². The Hall–Kier alpha value is -2.08. The molecule has 0 radical (unpaired) electrons. The number of aliphatic hydroxyl groups excluding tert-OH is 1. The molecule has 1 amide bonds. The molecule has 1 atom stereocenters. The first-order valence-electron chi connectivity index (χ1n) is 7.52. The van der Waals surface area contributed by atoms with Crippen molar-refractivity contribution in [3.8, 4) is 0 Å². The second-order valence-electron chi connectivity index (χ2n) is 5.39. The van der Waals surface area contributed by atoms with Crippen LogP contribution in [0.5, 0.6) is 0 Å². The highest BCUT2D eigenvalue weighted by atomic mass is 35.5. The summed E-state index contributed by atoms with van der Waals surface area (Å²) >= 11 is 11.9. The molecule has 2 N–H and O–H groups in total. The molecule has 0 aliphatic rings. The van der Waals surface area contributed by atoms with Crippen molar-refractivity contribution < 1.29 is 19.4 Å². The lowest BCUT2D eigenvalue weighted by Crippen LogP contribution is -2.31. The van der Waals surface area contributed by atoms with Crippen LogP contribution in [-0.2, 0) is 16.1 Å². The van der Waals surface area contributed by atoms with Crippen molar-refractivity contribution in [2.24, 2.45) is 0 Å². The Morgan fingerprint density at radius 3 is 2.44 bits per heavy atom. The van der Waals surface area contributed by atoms with Gasteiger partial charge in [-0.25, -0.2) is 4.79 Å². The van der Waals surface area contributed by atoms with Crippen LogP contribution in [0.4, 0.5) is 0 Å². The quantitative estimate of drug-likeness (QED) is 0.750. The van der Waals surface area contributed by atoms with Gasteiger partial charge in [0, 0.05) is 10.0 Å². The average molecular weight is 382 g/mol. The molecule has 0 saturated heterocycles. The lowest BCUT2D eigenvalue weighted by molar-refractivity contribution is -0.124. The number of aliphatic hydroxyl groups is 1. The second kappa shape index (κ2) is 8.85. The Kier molecular flexibility index (Phi) is 6.82. The number of carbonyl (C=O) groups excluding carboxylic acids is 2. The van der Waals surface area contributed by atoms with Crippen molar-refractivity contribution in [3.63, 3.8) is 0 Å². The summed E-state index contributed by atoms with van der Waals surface area (Å²) in [6, 6.07) is 10.9. The zero-order chi connectivity index (χ0) is 18.4. The van der Waals surface area contributed by atoms with Crippen LogP contribution in [0.25, 0.3) is 0 Å². The molecule has 2 rings (SSSR count). The number of amides is 1. The molecule has 0 saturated carbocycles. The predicted molar refractivity (Wildman–Crippen MR) is 95.7 cm³/mol. The molecule has 0 aromatic heterocycles. The van der Waals surface area contributed by atoms with Gasteiger partial charge < -0.3 is 15.2 Å². The van der Waals surface area contributed by atoms with E-state index in [-0.39, 0.29) is 12.6 Å². The lowest BCUT2D eigenvalue weighted by atomic mass is 10.1. The van der Waals surface area contributed by atoms with Gasteiger partial charge in [0.2, 0.25) is 0 Å². The van der Waals surface area contributed by atoms with Crippen molar-refractivity contribution in [1.29, 1.82) is 0 Å². The molecule has 0 fully saturated rings. The van der Waals surface area contributed by atoms with E-state index in [4.69, 9.17) is 33.0 Å². The maximum Gasteiger partial charge on any atom is 0.338 e. The summed E-state index contributed by atoms with van der Waals surface area (Å²) in [4.78, 5) is 23.8. The fourth-order valence-corrected chi connectivity index (χ4v) is 2.75. The van der Waals surface area contributed by atoms with Crippen LogP contribution >= 0.6 is 23.2 Å². The molecule has 25 heavy (non-hydrogen) atoms. The molecule has 2 aromatic rings. The summed E-state index contributed by atoms with van der Waals surface area (Å²) < 4.78 is 4.98. The minimum atomic E-state index is -0.614. The SMILES string of the molecule is C[C@@H](NC(=O)COC(=O)c1ccc(CO)cc1)c1ccc(Cl)cc1Cl. The molecule has 0 aliphatic carbocycles. The van der Waals surface area contributed by atoms with Crippen molar-refractivity contribution in [3.05, 3.63) is 69.2 Å². The van der Waals surface area contributed by atoms with E-state index in [0.717, 1.165) is 0 Å². The average Bonchev–Trinajstić information content (AvgIpc) is 2.59. The predicted octanol–water partition coefficient (Wildman–Crippen LogP) is 3.52. The molecule has 5 nitrogen and oxygen atoms in total. The van der Waals surface area contributed by atoms with E-state index in [0.29, 0.717) is 26.7 Å². The van der Waals surface area contributed by atoms with E-state index in [1.165, 1.54) is 12.1 Å². The van der Waals surface area contributed by atoms with Crippen molar-refractivity contribution >= 4 is 35.1 Å². The Labute approximate surface area is 155 Å². The largest absolute Gasteiger partial charge is 0.452 e. The van der Waals surface area contributed by atoms with Crippen LogP contribution in [0, 0.1) is 0 Å². The Morgan fingerprint density at radius 2 is 1.84 bits per heavy atom. The van der Waals surface area contributed by atoms with Crippen LogP contribution in [0.3, 0.4) is 0 Å². The van der Waals surface area contributed by atoms with Gasteiger partial charge in [0.25, 0.3) is 5.91 Å². The fourth-order valence-electron chi connectivity index (χ4n) is 2.17. The standard InChI is InChI=1S/C18H17Cl2NO4/c1-11(15-7-6-14(19)8-16(15)20)21-17(23)10-25-18(24)13-4-2-12(9-22)3-5-13/h2-8,11,22H,9-10H2,1H3,(H,21,23)/t11-/m1/s1. The van der Waals surface area contributed by atoms with Crippen LogP contribution in [0.2, 0.25) is 10.0 Å². The van der Waals surface area contributed by atoms with Crippen LogP contribution < -0.4 is 5.32 Å². The summed E-state index contributed by atoms with van der Waals surface area (Å²) in [5.41, 5.74) is 1.70. The molecular weight excluding hydrogens is 365 g/mol. The highest BCUT2D eigenvalue weighted by molar-refractivity contribution is 6.35. The number of benzene rings is 2. The number of carbonyl (C=O) groups is 2. The number of hydrogen-bond donors (Lipinski definition) is 2. The van der Waals surface area contributed by atoms with Gasteiger partial charge in [-0.1, -0.05) is 41.4 Å². The Morgan fingerprint density at radius 1 is 1.16 bits per heavy atom. The molecule has 132 valence electrons. The molecule has 7 heteroatoms. The maximum atomic E-state index is 12.0. The number of nitrogens with one attached hydrogen (secondary N) is 1. The van der Waals surface area contributed by atoms with Crippen LogP contribution in [-0.4, -0.2) is 23.6 Å². The Balaban J connectivity index is 1.88. The van der Waals surface area contributed by atoms with Crippen molar-refractivity contribution in [2.75, 3.05) is 6.61 Å². The van der Waals surface area contributed by atoms with Gasteiger partial charge >= 0.3 is 5.97 Å². The van der Waals surface area contributed by atoms with Gasteiger partial charge in [0.05, 0.1) is 18.2 Å². The molecule has 2 aromatic carbocycles. The van der Waals surface area contributed by atoms with Crippen molar-refractivity contribution in [1.82, 2.24) is 5.32 Å². The molecule has 0 aliphatic heterocycles. The summed E-state index contributed by atoms with van der Waals surface area (Å²) in [6.45, 7) is 1.25. The number of rotatable bonds is 6. The number of halogens is 2. The minimum absolute atomic E-state index is 0.108. The fraction of sp³-hybridized carbons (Fsp3) is 0.222. The third-order valence-electron chi connectivity index (χ3n) is 3.51. The second-order valence-corrected chi connectivity index (χ2v) is 6.23. The first-order valence-corrected chi connectivity index (χ1v) is 8.27. The summed E-state index contributed by atoms with van der Waals surface area (Å²) in [6.07, 6.45) is 0. The summed E-state index contributed by atoms with van der Waals surface area (Å²) in [5.74, 6) is -1.06. The van der Waals surface area contributed by atoms with E-state index in [1.807, 2.05) is 0 Å². The first-order chi connectivity index (χ1) is 11.9. The molecule has 0 unspecified atom stereocenters. The molecular formula is C18H17Cl2NO4. The highest BCUT2D eigenvalue weighted by Crippen LogP contribution is 2.25. The van der Waals surface area contributed by atoms with Gasteiger partial charge in [-0.15, -0.1) is 0 Å². The smallest absolute Gasteiger partial charge is 0.338 e. The first kappa shape index (κ1) is 19.2. The van der Waals surface area contributed by atoms with E-state index < -0.39 is 18.5 Å². The number of ether oxygens (including phenoxy) is 1. The van der Waals surface area contributed by atoms with Gasteiger partial charge in [0.15, 0.2) is 6.61 Å². The van der Waals surface area contributed by atoms with Gasteiger partial charge in [-0.3, -0.25) is 4.79 Å². The molecule has 0 spiro atoms. The lowest BCUT2D eigenvalue weighted by Gasteiger charge is -2.16. The van der Waals surface area contributed by atoms with Crippen molar-refractivity contribution in [2.45, 2.75) is 19.6 Å². The monoisotopic (exact) mass is 381 g/mol. The van der Waals surface area contributed by atoms with Gasteiger partial charge in [-0.2, -0.15) is 0 Å². The third-order valence-corrected chi connectivity index (χ3v) is 4.08. The zero-order valence-corrected chi connectivity index (χ0v) is 15.0. The van der Waals surface area contributed by atoms with Crippen LogP contribution in [0.1, 0.15) is 34.5 Å². The van der Waals surface area contributed by atoms with Gasteiger partial charge in [-0.05, 0) is 42.3 Å². The normalized spacial score (nSPS) is 11.7. The summed E-state index contributed by atoms with van der Waals surface area (Å²) in [5, 5.41) is 12.6. The zero-order valence-electron chi connectivity index (χ0n) is 13.5. The number of hydrogen-bond acceptors (Lipinski definition) is 4. The van der Waals surface area contributed by atoms with E-state index in [2.05, 4.69) is 5.32 Å². The summed E-state index contributed by atoms with van der Waals surface area (Å²) in [7, 11) is 0. The van der Waals surface area contributed by atoms with E-state index in [9.17, 15) is 9.59 Å². The highest BCUT2D eigenvalue weighted by Gasteiger charge is 2.15. The van der Waals surface area contributed by atoms with Gasteiger partial charge in [0.1, 0.15) is 0 Å². The topological polar surface area (TPSA) is 75.6 Å². The molecule has 0 bridgehead atoms. The molecule has 0 heterocycles. The van der Waals surface area contributed by atoms with E-state index >= 15 is 0 Å². The maximum absolute atomic E-state index is 12.0. The van der Waals surface area contributed by atoms with E-state index in [1.54, 1.807) is 37.3 Å².